The highest BCUT2D eigenvalue weighted by atomic mass is 32.2. The van der Waals surface area contributed by atoms with Gasteiger partial charge < -0.3 is 5.32 Å². The molecule has 2 aromatic heterocycles. The fraction of sp³-hybridized carbons (Fsp3) is 0.261. The van der Waals surface area contributed by atoms with Crippen molar-refractivity contribution in [1.82, 2.24) is 24.2 Å². The molecule has 8 nitrogen and oxygen atoms in total. The van der Waals surface area contributed by atoms with Crippen molar-refractivity contribution in [1.29, 1.82) is 0 Å². The molecule has 11 heteroatoms. The van der Waals surface area contributed by atoms with E-state index in [1.165, 1.54) is 52.0 Å². The lowest BCUT2D eigenvalue weighted by Crippen LogP contribution is -2.30. The van der Waals surface area contributed by atoms with Gasteiger partial charge in [-0.25, -0.2) is 17.3 Å². The predicted molar refractivity (Wildman–Crippen MR) is 129 cm³/mol. The lowest BCUT2D eigenvalue weighted by molar-refractivity contribution is 0.0954. The first-order chi connectivity index (χ1) is 16.3. The largest absolute Gasteiger partial charge is 0.352 e. The molecular formula is C23H24FN5O3S2. The highest BCUT2D eigenvalue weighted by molar-refractivity contribution is 7.89. The number of thiazole rings is 1. The number of carbonyl (C=O) groups is 1. The first-order valence-corrected chi connectivity index (χ1v) is 13.1. The van der Waals surface area contributed by atoms with Gasteiger partial charge in [0.25, 0.3) is 5.91 Å². The number of rotatable bonds is 9. The Hall–Kier alpha value is -3.15. The van der Waals surface area contributed by atoms with E-state index in [2.05, 4.69) is 15.4 Å². The highest BCUT2D eigenvalue weighted by Crippen LogP contribution is 2.22. The molecule has 0 aliphatic rings. The molecule has 1 N–H and O–H groups in total. The summed E-state index contributed by atoms with van der Waals surface area (Å²) in [5.74, 6) is -0.203. The van der Waals surface area contributed by atoms with Gasteiger partial charge in [-0.3, -0.25) is 4.79 Å². The van der Waals surface area contributed by atoms with Crippen molar-refractivity contribution >= 4 is 32.2 Å². The summed E-state index contributed by atoms with van der Waals surface area (Å²) < 4.78 is 41.8. The number of sulfonamides is 1. The number of nitrogens with one attached hydrogen (secondary N) is 1. The van der Waals surface area contributed by atoms with Gasteiger partial charge in [0.15, 0.2) is 5.82 Å². The van der Waals surface area contributed by atoms with Gasteiger partial charge >= 0.3 is 0 Å². The average Bonchev–Trinajstić information content (AvgIpc) is 3.41. The smallest absolute Gasteiger partial charge is 0.251 e. The Kier molecular flexibility index (Phi) is 7.05. The molecule has 0 atom stereocenters. The maximum atomic E-state index is 13.5. The van der Waals surface area contributed by atoms with E-state index in [0.717, 1.165) is 5.69 Å². The van der Waals surface area contributed by atoms with Gasteiger partial charge in [-0.1, -0.05) is 26.0 Å². The van der Waals surface area contributed by atoms with Gasteiger partial charge in [-0.05, 0) is 36.4 Å². The topological polar surface area (TPSA) is 96.7 Å². The zero-order valence-corrected chi connectivity index (χ0v) is 20.4. The maximum Gasteiger partial charge on any atom is 0.251 e. The second kappa shape index (κ2) is 10.00. The summed E-state index contributed by atoms with van der Waals surface area (Å²) in [6, 6.07) is 12.0. The molecule has 178 valence electrons. The summed E-state index contributed by atoms with van der Waals surface area (Å²) in [6.45, 7) is 4.69. The van der Waals surface area contributed by atoms with Crippen molar-refractivity contribution in [3.05, 3.63) is 71.0 Å². The van der Waals surface area contributed by atoms with Gasteiger partial charge in [0.05, 0.1) is 10.6 Å². The molecule has 4 aromatic rings. The van der Waals surface area contributed by atoms with Crippen molar-refractivity contribution in [2.24, 2.45) is 0 Å². The van der Waals surface area contributed by atoms with Crippen LogP contribution < -0.4 is 5.32 Å². The Labute approximate surface area is 201 Å². The molecule has 0 aliphatic heterocycles. The number of halogens is 1. The molecule has 2 aromatic carbocycles. The van der Waals surface area contributed by atoms with Crippen molar-refractivity contribution in [2.75, 3.05) is 19.6 Å². The number of carbonyl (C=O) groups excluding carboxylic acids is 1. The van der Waals surface area contributed by atoms with Gasteiger partial charge in [-0.15, -0.1) is 16.4 Å². The molecule has 0 unspecified atom stereocenters. The number of hydrogen-bond acceptors (Lipinski definition) is 6. The van der Waals surface area contributed by atoms with Crippen molar-refractivity contribution in [3.8, 4) is 11.4 Å². The van der Waals surface area contributed by atoms with E-state index in [1.54, 1.807) is 30.5 Å². The highest BCUT2D eigenvalue weighted by Gasteiger charge is 2.21. The summed E-state index contributed by atoms with van der Waals surface area (Å²) in [5.41, 5.74) is 1.85. The molecule has 0 spiro atoms. The molecule has 34 heavy (non-hydrogen) atoms. The first kappa shape index (κ1) is 24.0. The minimum atomic E-state index is -3.57. The van der Waals surface area contributed by atoms with Crippen LogP contribution in [0.1, 0.15) is 29.9 Å². The summed E-state index contributed by atoms with van der Waals surface area (Å²) in [6.07, 6.45) is 0.520. The van der Waals surface area contributed by atoms with E-state index >= 15 is 0 Å². The molecule has 4 rings (SSSR count). The van der Waals surface area contributed by atoms with Crippen molar-refractivity contribution in [3.63, 3.8) is 0 Å². The quantitative estimate of drug-likeness (QED) is 0.378. The SMILES string of the molecule is CCN(CC)S(=O)(=O)c1ccc(C(=O)NCCc2csc3nc(-c4cccc(F)c4)nn23)cc1. The van der Waals surface area contributed by atoms with Gasteiger partial charge in [0, 0.05) is 42.6 Å². The van der Waals surface area contributed by atoms with Crippen LogP contribution in [0, 0.1) is 5.82 Å². The zero-order chi connectivity index (χ0) is 24.3. The van der Waals surface area contributed by atoms with Crippen LogP contribution in [0.25, 0.3) is 16.3 Å². The van der Waals surface area contributed by atoms with Crippen LogP contribution in [-0.2, 0) is 16.4 Å². The fourth-order valence-corrected chi connectivity index (χ4v) is 5.86. The van der Waals surface area contributed by atoms with Gasteiger partial charge in [0.2, 0.25) is 15.0 Å². The second-order valence-corrected chi connectivity index (χ2v) is 10.3. The number of nitrogens with zero attached hydrogens (tertiary/aromatic N) is 4. The minimum absolute atomic E-state index is 0.161. The van der Waals surface area contributed by atoms with Crippen LogP contribution in [0.2, 0.25) is 0 Å². The van der Waals surface area contributed by atoms with Crippen molar-refractivity contribution in [2.45, 2.75) is 25.2 Å². The van der Waals surface area contributed by atoms with Crippen LogP contribution in [0.5, 0.6) is 0 Å². The summed E-state index contributed by atoms with van der Waals surface area (Å²) in [5, 5.41) is 9.24. The van der Waals surface area contributed by atoms with E-state index < -0.39 is 10.0 Å². The van der Waals surface area contributed by atoms with E-state index in [-0.39, 0.29) is 16.6 Å². The van der Waals surface area contributed by atoms with E-state index in [0.29, 0.717) is 48.0 Å². The molecule has 0 bridgehead atoms. The Bertz CT molecular complexity index is 1410. The molecule has 2 heterocycles. The Morgan fingerprint density at radius 3 is 2.56 bits per heavy atom. The third-order valence-electron chi connectivity index (χ3n) is 5.36. The monoisotopic (exact) mass is 501 g/mol. The van der Waals surface area contributed by atoms with Gasteiger partial charge in [0.1, 0.15) is 5.82 Å². The maximum absolute atomic E-state index is 13.5. The summed E-state index contributed by atoms with van der Waals surface area (Å²) in [7, 11) is -3.57. The third kappa shape index (κ3) is 4.86. The fourth-order valence-electron chi connectivity index (χ4n) is 3.54. The number of amides is 1. The summed E-state index contributed by atoms with van der Waals surface area (Å²) >= 11 is 1.42. The van der Waals surface area contributed by atoms with Gasteiger partial charge in [-0.2, -0.15) is 9.29 Å². The number of hydrogen-bond donors (Lipinski definition) is 1. The molecular weight excluding hydrogens is 477 g/mol. The minimum Gasteiger partial charge on any atom is -0.352 e. The van der Waals surface area contributed by atoms with Crippen LogP contribution in [0.15, 0.2) is 58.8 Å². The molecule has 1 amide bonds. The zero-order valence-electron chi connectivity index (χ0n) is 18.7. The standard InChI is InChI=1S/C23H24FN5O3S2/c1-3-28(4-2)34(31,32)20-10-8-16(9-11-20)22(30)25-13-12-19-15-33-23-26-21(27-29(19)23)17-6-5-7-18(24)14-17/h5-11,14-15H,3-4,12-13H2,1-2H3,(H,25,30). The molecule has 0 fully saturated rings. The molecule has 0 radical (unpaired) electrons. The number of benzene rings is 2. The normalized spacial score (nSPS) is 11.9. The predicted octanol–water partition coefficient (Wildman–Crippen LogP) is 3.60. The van der Waals surface area contributed by atoms with Crippen LogP contribution in [0.3, 0.4) is 0 Å². The number of aromatic nitrogens is 3. The lowest BCUT2D eigenvalue weighted by Gasteiger charge is -2.18. The third-order valence-corrected chi connectivity index (χ3v) is 8.29. The molecule has 0 saturated carbocycles. The van der Waals surface area contributed by atoms with E-state index in [9.17, 15) is 17.6 Å². The summed E-state index contributed by atoms with van der Waals surface area (Å²) in [4.78, 5) is 17.8. The van der Waals surface area contributed by atoms with Crippen molar-refractivity contribution < 1.29 is 17.6 Å². The average molecular weight is 502 g/mol. The Morgan fingerprint density at radius 1 is 1.15 bits per heavy atom. The Balaban J connectivity index is 1.39. The van der Waals surface area contributed by atoms with E-state index in [1.807, 2.05) is 5.38 Å². The second-order valence-electron chi connectivity index (χ2n) is 7.49. The van der Waals surface area contributed by atoms with Crippen LogP contribution in [-0.4, -0.2) is 52.9 Å². The molecule has 0 aliphatic carbocycles. The number of fused-ring (bicyclic) bond motifs is 1. The van der Waals surface area contributed by atoms with Crippen LogP contribution >= 0.6 is 11.3 Å². The first-order valence-electron chi connectivity index (χ1n) is 10.8. The lowest BCUT2D eigenvalue weighted by atomic mass is 10.2. The van der Waals surface area contributed by atoms with Crippen LogP contribution in [0.4, 0.5) is 4.39 Å². The Morgan fingerprint density at radius 2 is 1.88 bits per heavy atom. The molecule has 0 saturated heterocycles. The van der Waals surface area contributed by atoms with E-state index in [4.69, 9.17) is 0 Å².